The number of anilines is 1. The van der Waals surface area contributed by atoms with Crippen LogP contribution in [-0.2, 0) is 13.1 Å². The minimum absolute atomic E-state index is 0.380. The van der Waals surface area contributed by atoms with Gasteiger partial charge in [0.25, 0.3) is 0 Å². The average molecular weight is 499 g/mol. The van der Waals surface area contributed by atoms with Crippen molar-refractivity contribution in [3.8, 4) is 16.9 Å². The summed E-state index contributed by atoms with van der Waals surface area (Å²) in [5.74, 6) is 0.380. The Balaban J connectivity index is 1.13. The molecule has 5 aromatic rings. The Bertz CT molecular complexity index is 1480. The second-order valence-corrected chi connectivity index (χ2v) is 9.98. The number of fused-ring (bicyclic) bond motifs is 1. The highest BCUT2D eigenvalue weighted by Gasteiger charge is 2.15. The summed E-state index contributed by atoms with van der Waals surface area (Å²) in [4.78, 5) is 24.1. The maximum atomic E-state index is 12.6. The molecule has 4 aromatic heterocycles. The monoisotopic (exact) mass is 498 g/mol. The Morgan fingerprint density at radius 2 is 1.94 bits per heavy atom. The quantitative estimate of drug-likeness (QED) is 0.299. The number of hydrogen-bond acceptors (Lipinski definition) is 6. The number of likely N-dealkylation sites (tertiary alicyclic amines) is 1. The molecule has 0 bridgehead atoms. The first-order valence-electron chi connectivity index (χ1n) is 12.0. The number of pyridine rings is 1. The number of thiophene rings is 1. The summed E-state index contributed by atoms with van der Waals surface area (Å²) in [6, 6.07) is 14.3. The third kappa shape index (κ3) is 5.02. The van der Waals surface area contributed by atoms with Gasteiger partial charge in [0.05, 0.1) is 24.6 Å². The van der Waals surface area contributed by atoms with Crippen molar-refractivity contribution in [2.75, 3.05) is 18.4 Å². The molecule has 6 rings (SSSR count). The Labute approximate surface area is 212 Å². The summed E-state index contributed by atoms with van der Waals surface area (Å²) in [5, 5.41) is 10.1. The molecule has 8 nitrogen and oxygen atoms in total. The van der Waals surface area contributed by atoms with E-state index in [0.29, 0.717) is 23.6 Å². The van der Waals surface area contributed by atoms with Gasteiger partial charge in [0.1, 0.15) is 5.65 Å². The van der Waals surface area contributed by atoms with Crippen LogP contribution in [0.4, 0.5) is 10.5 Å². The first-order valence-corrected chi connectivity index (χ1v) is 12.9. The lowest BCUT2D eigenvalue weighted by atomic mass is 10.1. The van der Waals surface area contributed by atoms with Crippen LogP contribution in [0.15, 0.2) is 72.6 Å². The van der Waals surface area contributed by atoms with Crippen molar-refractivity contribution in [2.24, 2.45) is 0 Å². The van der Waals surface area contributed by atoms with E-state index in [1.807, 2.05) is 42.6 Å². The topological polar surface area (TPSA) is 88.1 Å². The van der Waals surface area contributed by atoms with Gasteiger partial charge in [-0.2, -0.15) is 5.10 Å². The highest BCUT2D eigenvalue weighted by atomic mass is 32.1. The number of benzene rings is 1. The minimum atomic E-state index is -0.580. The molecule has 0 unspecified atom stereocenters. The van der Waals surface area contributed by atoms with Crippen LogP contribution in [0.25, 0.3) is 22.2 Å². The van der Waals surface area contributed by atoms with E-state index in [0.717, 1.165) is 28.6 Å². The van der Waals surface area contributed by atoms with Gasteiger partial charge in [0, 0.05) is 34.8 Å². The molecule has 0 spiro atoms. The summed E-state index contributed by atoms with van der Waals surface area (Å²) in [6.07, 6.45) is 8.84. The van der Waals surface area contributed by atoms with Gasteiger partial charge in [0.2, 0.25) is 0 Å². The first kappa shape index (κ1) is 22.5. The number of nitrogens with one attached hydrogen (secondary N) is 2. The molecular formula is C27H26N6O2S. The third-order valence-corrected chi connectivity index (χ3v) is 7.26. The maximum absolute atomic E-state index is 12.6. The van der Waals surface area contributed by atoms with Crippen molar-refractivity contribution < 1.29 is 9.53 Å². The van der Waals surface area contributed by atoms with Gasteiger partial charge in [-0.25, -0.2) is 9.78 Å². The molecule has 1 fully saturated rings. The number of carbonyl (C=O) groups is 1. The maximum Gasteiger partial charge on any atom is 0.417 e. The van der Waals surface area contributed by atoms with E-state index in [1.165, 1.54) is 37.0 Å². The van der Waals surface area contributed by atoms with E-state index in [1.54, 1.807) is 28.4 Å². The molecule has 0 saturated carbocycles. The predicted molar refractivity (Wildman–Crippen MR) is 141 cm³/mol. The van der Waals surface area contributed by atoms with E-state index < -0.39 is 6.09 Å². The Morgan fingerprint density at radius 3 is 2.81 bits per heavy atom. The van der Waals surface area contributed by atoms with Gasteiger partial charge in [-0.15, -0.1) is 11.3 Å². The van der Waals surface area contributed by atoms with Crippen LogP contribution in [0, 0.1) is 0 Å². The van der Waals surface area contributed by atoms with Gasteiger partial charge in [-0.05, 0) is 54.6 Å². The summed E-state index contributed by atoms with van der Waals surface area (Å²) in [7, 11) is 0. The largest absolute Gasteiger partial charge is 0.417 e. The van der Waals surface area contributed by atoms with Gasteiger partial charge >= 0.3 is 6.09 Å². The van der Waals surface area contributed by atoms with E-state index >= 15 is 0 Å². The standard InChI is InChI=1S/C27H26N6O2S/c34-27(35-22-13-30-33(16-22)15-19-6-2-1-3-7-19)31-25-14-29-26-24(25)11-20(12-28-26)21-10-23(36-18-21)17-32-8-4-5-9-32/h1-3,6-7,10-14,16,18H,4-5,8-9,15,17H2,(H,28,29)(H,31,34). The van der Waals surface area contributed by atoms with Crippen molar-refractivity contribution in [3.63, 3.8) is 0 Å². The van der Waals surface area contributed by atoms with Crippen LogP contribution in [-0.4, -0.2) is 43.8 Å². The SMILES string of the molecule is O=C(Nc1c[nH]c2ncc(-c3csc(CN4CCCC4)c3)cc12)Oc1cnn(Cc2ccccc2)c1. The lowest BCUT2D eigenvalue weighted by Gasteiger charge is -2.12. The molecule has 1 saturated heterocycles. The van der Waals surface area contributed by atoms with Crippen molar-refractivity contribution in [2.45, 2.75) is 25.9 Å². The second kappa shape index (κ2) is 9.96. The lowest BCUT2D eigenvalue weighted by Crippen LogP contribution is -2.17. The molecular weight excluding hydrogens is 472 g/mol. The average Bonchev–Trinajstić information content (AvgIpc) is 3.69. The Kier molecular flexibility index (Phi) is 6.23. The number of hydrogen-bond donors (Lipinski definition) is 2. The van der Waals surface area contributed by atoms with Crippen LogP contribution in [0.2, 0.25) is 0 Å². The molecule has 9 heteroatoms. The highest BCUT2D eigenvalue weighted by Crippen LogP contribution is 2.31. The zero-order valence-electron chi connectivity index (χ0n) is 19.7. The first-order chi connectivity index (χ1) is 17.7. The number of ether oxygens (including phenoxy) is 1. The molecule has 0 radical (unpaired) electrons. The van der Waals surface area contributed by atoms with Crippen molar-refractivity contribution >= 4 is 34.2 Å². The van der Waals surface area contributed by atoms with E-state index in [4.69, 9.17) is 4.74 Å². The number of carbonyl (C=O) groups excluding carboxylic acids is 1. The van der Waals surface area contributed by atoms with Crippen molar-refractivity contribution in [1.29, 1.82) is 0 Å². The van der Waals surface area contributed by atoms with E-state index in [-0.39, 0.29) is 0 Å². The van der Waals surface area contributed by atoms with Crippen LogP contribution >= 0.6 is 11.3 Å². The van der Waals surface area contributed by atoms with Crippen LogP contribution < -0.4 is 10.1 Å². The molecule has 2 N–H and O–H groups in total. The molecule has 1 aliphatic heterocycles. The Hall–Kier alpha value is -3.95. The third-order valence-electron chi connectivity index (χ3n) is 6.34. The van der Waals surface area contributed by atoms with Crippen LogP contribution in [0.5, 0.6) is 5.75 Å². The number of amides is 1. The molecule has 182 valence electrons. The molecule has 1 amide bonds. The zero-order valence-corrected chi connectivity index (χ0v) is 20.5. The van der Waals surface area contributed by atoms with E-state index in [2.05, 4.69) is 36.7 Å². The normalized spacial score (nSPS) is 13.9. The predicted octanol–water partition coefficient (Wildman–Crippen LogP) is 5.74. The van der Waals surface area contributed by atoms with Crippen LogP contribution in [0.1, 0.15) is 23.3 Å². The van der Waals surface area contributed by atoms with Gasteiger partial charge in [-0.3, -0.25) is 14.9 Å². The number of nitrogens with zero attached hydrogens (tertiary/aromatic N) is 4. The van der Waals surface area contributed by atoms with Gasteiger partial charge in [0.15, 0.2) is 5.75 Å². The minimum Gasteiger partial charge on any atom is -0.407 e. The smallest absolute Gasteiger partial charge is 0.407 e. The van der Waals surface area contributed by atoms with Crippen molar-refractivity contribution in [3.05, 3.63) is 83.1 Å². The molecule has 0 aliphatic carbocycles. The van der Waals surface area contributed by atoms with Gasteiger partial charge in [-0.1, -0.05) is 30.3 Å². The Morgan fingerprint density at radius 1 is 1.08 bits per heavy atom. The summed E-state index contributed by atoms with van der Waals surface area (Å²) >= 11 is 1.78. The lowest BCUT2D eigenvalue weighted by molar-refractivity contribution is 0.215. The van der Waals surface area contributed by atoms with Crippen molar-refractivity contribution in [1.82, 2.24) is 24.6 Å². The number of aromatic nitrogens is 4. The van der Waals surface area contributed by atoms with E-state index in [9.17, 15) is 4.79 Å². The summed E-state index contributed by atoms with van der Waals surface area (Å²) in [6.45, 7) is 3.97. The fraction of sp³-hybridized carbons (Fsp3) is 0.222. The molecule has 0 atom stereocenters. The number of rotatable bonds is 7. The molecule has 1 aromatic carbocycles. The molecule has 5 heterocycles. The summed E-state index contributed by atoms with van der Waals surface area (Å²) < 4.78 is 7.20. The fourth-order valence-electron chi connectivity index (χ4n) is 4.54. The second-order valence-electron chi connectivity index (χ2n) is 8.98. The number of aromatic amines is 1. The van der Waals surface area contributed by atoms with Crippen LogP contribution in [0.3, 0.4) is 0 Å². The fourth-order valence-corrected chi connectivity index (χ4v) is 5.47. The summed E-state index contributed by atoms with van der Waals surface area (Å²) in [5.41, 5.74) is 4.60. The zero-order chi connectivity index (χ0) is 24.3. The highest BCUT2D eigenvalue weighted by molar-refractivity contribution is 7.10. The number of H-pyrrole nitrogens is 1. The van der Waals surface area contributed by atoms with Gasteiger partial charge < -0.3 is 9.72 Å². The molecule has 36 heavy (non-hydrogen) atoms. The molecule has 1 aliphatic rings.